The Balaban J connectivity index is 0.00000121. The van der Waals surface area contributed by atoms with Crippen molar-refractivity contribution in [3.05, 3.63) is 34.3 Å². The number of aldehydes is 1. The van der Waals surface area contributed by atoms with Crippen LogP contribution in [0.1, 0.15) is 43.6 Å². The summed E-state index contributed by atoms with van der Waals surface area (Å²) in [5.74, 6) is 0. The molecule has 96 valence electrons. The van der Waals surface area contributed by atoms with Gasteiger partial charge in [-0.15, -0.1) is 0 Å². The van der Waals surface area contributed by atoms with Crippen LogP contribution in [0.2, 0.25) is 5.02 Å². The van der Waals surface area contributed by atoms with Gasteiger partial charge >= 0.3 is 0 Å². The number of carbonyl (C=O) groups excluding carboxylic acids is 1. The lowest BCUT2D eigenvalue weighted by atomic mass is 9.85. The van der Waals surface area contributed by atoms with E-state index in [-0.39, 0.29) is 5.41 Å². The molecule has 2 nitrogen and oxygen atoms in total. The van der Waals surface area contributed by atoms with E-state index in [1.165, 1.54) is 0 Å². The zero-order chi connectivity index (χ0) is 13.5. The molecule has 0 heterocycles. The number of rotatable bonds is 4. The number of methoxy groups -OCH3 is 1. The van der Waals surface area contributed by atoms with Gasteiger partial charge in [-0.1, -0.05) is 39.3 Å². The lowest BCUT2D eigenvalue weighted by Gasteiger charge is -2.24. The molecule has 1 rings (SSSR count). The van der Waals surface area contributed by atoms with Gasteiger partial charge in [-0.25, -0.2) is 0 Å². The van der Waals surface area contributed by atoms with Crippen molar-refractivity contribution in [3.8, 4) is 0 Å². The molecular weight excluding hydrogens is 236 g/mol. The number of ether oxygens (including phenoxy) is 1. The highest BCUT2D eigenvalue weighted by Gasteiger charge is 2.21. The Hall–Kier alpha value is -0.860. The Morgan fingerprint density at radius 1 is 1.29 bits per heavy atom. The monoisotopic (exact) mass is 256 g/mol. The van der Waals surface area contributed by atoms with Gasteiger partial charge in [0.1, 0.15) is 6.29 Å². The first kappa shape index (κ1) is 16.1. The fraction of sp³-hybridized carbons (Fsp3) is 0.500. The predicted octanol–water partition coefficient (Wildman–Crippen LogP) is 4.10. The van der Waals surface area contributed by atoms with Crippen molar-refractivity contribution in [1.82, 2.24) is 0 Å². The van der Waals surface area contributed by atoms with Gasteiger partial charge in [0.25, 0.3) is 0 Å². The van der Waals surface area contributed by atoms with Crippen LogP contribution in [-0.4, -0.2) is 20.0 Å². The molecule has 0 amide bonds. The van der Waals surface area contributed by atoms with Crippen LogP contribution in [0.15, 0.2) is 18.2 Å². The van der Waals surface area contributed by atoms with E-state index >= 15 is 0 Å². The molecule has 0 atom stereocenters. The quantitative estimate of drug-likeness (QED) is 0.758. The minimum absolute atomic E-state index is 0.141. The van der Waals surface area contributed by atoms with Crippen LogP contribution in [0, 0.1) is 0 Å². The maximum Gasteiger partial charge on any atom is 0.150 e. The van der Waals surface area contributed by atoms with Crippen molar-refractivity contribution in [2.75, 3.05) is 13.7 Å². The van der Waals surface area contributed by atoms with Crippen molar-refractivity contribution >= 4 is 17.9 Å². The number of hydrogen-bond acceptors (Lipinski definition) is 2. The lowest BCUT2D eigenvalue weighted by Crippen LogP contribution is -2.23. The maximum atomic E-state index is 10.7. The van der Waals surface area contributed by atoms with Crippen LogP contribution in [0.4, 0.5) is 0 Å². The molecule has 3 heteroatoms. The molecule has 0 saturated carbocycles. The van der Waals surface area contributed by atoms with E-state index in [0.29, 0.717) is 17.2 Å². The van der Waals surface area contributed by atoms with Gasteiger partial charge in [0.05, 0.1) is 6.61 Å². The molecule has 0 bridgehead atoms. The molecule has 0 unspecified atom stereocenters. The van der Waals surface area contributed by atoms with Crippen LogP contribution in [-0.2, 0) is 10.2 Å². The third-order valence-corrected chi connectivity index (χ3v) is 2.56. The fourth-order valence-corrected chi connectivity index (χ4v) is 1.76. The van der Waals surface area contributed by atoms with E-state index in [1.807, 2.05) is 26.0 Å². The summed E-state index contributed by atoms with van der Waals surface area (Å²) in [6.07, 6.45) is 0.804. The molecule has 1 aromatic rings. The molecule has 0 N–H and O–H groups in total. The maximum absolute atomic E-state index is 10.7. The van der Waals surface area contributed by atoms with E-state index in [9.17, 15) is 4.79 Å². The number of benzene rings is 1. The van der Waals surface area contributed by atoms with E-state index in [4.69, 9.17) is 16.3 Å². The summed E-state index contributed by atoms with van der Waals surface area (Å²) < 4.78 is 5.14. The van der Waals surface area contributed by atoms with Crippen LogP contribution in [0.25, 0.3) is 0 Å². The molecule has 0 saturated heterocycles. The number of hydrogen-bond donors (Lipinski definition) is 0. The van der Waals surface area contributed by atoms with Crippen molar-refractivity contribution in [1.29, 1.82) is 0 Å². The van der Waals surface area contributed by atoms with Crippen LogP contribution in [0.3, 0.4) is 0 Å². The number of carbonyl (C=O) groups is 1. The molecule has 17 heavy (non-hydrogen) atoms. The first-order valence-electron chi connectivity index (χ1n) is 5.75. The van der Waals surface area contributed by atoms with Crippen molar-refractivity contribution < 1.29 is 9.53 Å². The van der Waals surface area contributed by atoms with Gasteiger partial charge in [-0.05, 0) is 23.8 Å². The second-order valence-electron chi connectivity index (χ2n) is 4.21. The SMILES string of the molecule is CC.COCC(C)(C)c1cc(Cl)cc(C=O)c1. The van der Waals surface area contributed by atoms with Gasteiger partial charge in [0.2, 0.25) is 0 Å². The zero-order valence-corrected chi connectivity index (χ0v) is 12.0. The standard InChI is InChI=1S/C12H15ClO2.C2H6/c1-12(2,8-15-3)10-4-9(7-14)5-11(13)6-10;1-2/h4-7H,8H2,1-3H3;1-2H3. The minimum atomic E-state index is -0.141. The Kier molecular flexibility index (Phi) is 7.09. The van der Waals surface area contributed by atoms with E-state index in [0.717, 1.165) is 11.8 Å². The van der Waals surface area contributed by atoms with Gasteiger partial charge in [0, 0.05) is 23.1 Å². The topological polar surface area (TPSA) is 26.3 Å². The van der Waals surface area contributed by atoms with Crippen LogP contribution >= 0.6 is 11.6 Å². The smallest absolute Gasteiger partial charge is 0.150 e. The van der Waals surface area contributed by atoms with Gasteiger partial charge in [-0.2, -0.15) is 0 Å². The second kappa shape index (κ2) is 7.46. The molecule has 0 radical (unpaired) electrons. The first-order valence-corrected chi connectivity index (χ1v) is 6.12. The second-order valence-corrected chi connectivity index (χ2v) is 4.64. The average Bonchev–Trinajstić information content (AvgIpc) is 2.30. The molecule has 0 fully saturated rings. The average molecular weight is 257 g/mol. The van der Waals surface area contributed by atoms with E-state index in [2.05, 4.69) is 13.8 Å². The number of halogens is 1. The van der Waals surface area contributed by atoms with Gasteiger partial charge in [0.15, 0.2) is 0 Å². The van der Waals surface area contributed by atoms with E-state index < -0.39 is 0 Å². The molecule has 0 aliphatic heterocycles. The molecule has 0 aliphatic rings. The molecule has 0 spiro atoms. The summed E-state index contributed by atoms with van der Waals surface area (Å²) >= 11 is 5.94. The fourth-order valence-electron chi connectivity index (χ4n) is 1.52. The normalized spacial score (nSPS) is 10.5. The minimum Gasteiger partial charge on any atom is -0.384 e. The first-order chi connectivity index (χ1) is 7.99. The molecule has 1 aromatic carbocycles. The van der Waals surface area contributed by atoms with Crippen LogP contribution < -0.4 is 0 Å². The van der Waals surface area contributed by atoms with Crippen molar-refractivity contribution in [2.45, 2.75) is 33.1 Å². The van der Waals surface area contributed by atoms with E-state index in [1.54, 1.807) is 13.2 Å². The van der Waals surface area contributed by atoms with Gasteiger partial charge < -0.3 is 4.74 Å². The summed E-state index contributed by atoms with van der Waals surface area (Å²) in [5, 5.41) is 0.582. The summed E-state index contributed by atoms with van der Waals surface area (Å²) in [6.45, 7) is 8.69. The Morgan fingerprint density at radius 2 is 1.88 bits per heavy atom. The van der Waals surface area contributed by atoms with Gasteiger partial charge in [-0.3, -0.25) is 4.79 Å². The highest BCUT2D eigenvalue weighted by molar-refractivity contribution is 6.30. The Morgan fingerprint density at radius 3 is 2.35 bits per heavy atom. The third kappa shape index (κ3) is 4.88. The summed E-state index contributed by atoms with van der Waals surface area (Å²) in [5.41, 5.74) is 1.47. The summed E-state index contributed by atoms with van der Waals surface area (Å²) in [6, 6.07) is 5.37. The Bertz CT molecular complexity index is 359. The predicted molar refractivity (Wildman–Crippen MR) is 73.1 cm³/mol. The zero-order valence-electron chi connectivity index (χ0n) is 11.2. The molecule has 0 aliphatic carbocycles. The lowest BCUT2D eigenvalue weighted by molar-refractivity contribution is 0.112. The van der Waals surface area contributed by atoms with Crippen molar-refractivity contribution in [2.24, 2.45) is 0 Å². The van der Waals surface area contributed by atoms with Crippen molar-refractivity contribution in [3.63, 3.8) is 0 Å². The highest BCUT2D eigenvalue weighted by atomic mass is 35.5. The van der Waals surface area contributed by atoms with Crippen LogP contribution in [0.5, 0.6) is 0 Å². The highest BCUT2D eigenvalue weighted by Crippen LogP contribution is 2.26. The third-order valence-electron chi connectivity index (χ3n) is 2.34. The molecule has 0 aromatic heterocycles. The molecular formula is C14H21ClO2. The Labute approximate surface area is 109 Å². The summed E-state index contributed by atoms with van der Waals surface area (Å²) in [7, 11) is 1.66. The largest absolute Gasteiger partial charge is 0.384 e. The summed E-state index contributed by atoms with van der Waals surface area (Å²) in [4.78, 5) is 10.7.